The van der Waals surface area contributed by atoms with Crippen molar-refractivity contribution in [2.24, 2.45) is 4.40 Å². The van der Waals surface area contributed by atoms with Crippen molar-refractivity contribution in [2.45, 2.75) is 31.1 Å². The lowest BCUT2D eigenvalue weighted by Gasteiger charge is -2.26. The van der Waals surface area contributed by atoms with E-state index in [1.807, 2.05) is 19.2 Å². The highest BCUT2D eigenvalue weighted by molar-refractivity contribution is 7.98. The van der Waals surface area contributed by atoms with Crippen LogP contribution in [-0.4, -0.2) is 32.0 Å². The summed E-state index contributed by atoms with van der Waals surface area (Å²) in [4.78, 5) is 0. The van der Waals surface area contributed by atoms with Crippen LogP contribution >= 0.6 is 11.9 Å². The molecule has 0 amide bonds. The normalized spacial score (nSPS) is 21.9. The Bertz CT molecular complexity index is 889. The molecule has 2 aliphatic heterocycles. The molecule has 1 saturated heterocycles. The van der Waals surface area contributed by atoms with Crippen molar-refractivity contribution >= 4 is 18.2 Å². The van der Waals surface area contributed by atoms with Gasteiger partial charge in [0.25, 0.3) is 0 Å². The predicted molar refractivity (Wildman–Crippen MR) is 111 cm³/mol. The van der Waals surface area contributed by atoms with E-state index in [0.717, 1.165) is 43.7 Å². The molecule has 2 aromatic carbocycles. The molecule has 0 bridgehead atoms. The number of ether oxygens (including phenoxy) is 1. The van der Waals surface area contributed by atoms with Crippen LogP contribution in [0.1, 0.15) is 33.9 Å². The quantitative estimate of drug-likeness (QED) is 0.810. The average Bonchev–Trinajstić information content (AvgIpc) is 3.23. The van der Waals surface area contributed by atoms with E-state index in [4.69, 9.17) is 4.74 Å². The second-order valence-electron chi connectivity index (χ2n) is 7.04. The molecule has 5 heteroatoms. The second-order valence-corrected chi connectivity index (χ2v) is 8.03. The fourth-order valence-corrected chi connectivity index (χ4v) is 4.72. The molecule has 1 fully saturated rings. The maximum atomic E-state index is 9.24. The van der Waals surface area contributed by atoms with E-state index >= 15 is 0 Å². The summed E-state index contributed by atoms with van der Waals surface area (Å²) >= 11 is 1.65. The van der Waals surface area contributed by atoms with Crippen molar-refractivity contribution < 1.29 is 4.74 Å². The van der Waals surface area contributed by atoms with E-state index in [9.17, 15) is 5.26 Å². The molecule has 27 heavy (non-hydrogen) atoms. The highest BCUT2D eigenvalue weighted by Gasteiger charge is 2.25. The average molecular weight is 378 g/mol. The van der Waals surface area contributed by atoms with Crippen LogP contribution in [0.3, 0.4) is 0 Å². The first kappa shape index (κ1) is 18.2. The maximum absolute atomic E-state index is 9.24. The topological polar surface area (TPSA) is 57.4 Å². The number of nitrogens with zero attached hydrogens (tertiary/aromatic N) is 2. The number of aryl methyl sites for hydroxylation is 1. The number of nitriles is 1. The summed E-state index contributed by atoms with van der Waals surface area (Å²) in [5.74, 6) is 0. The Morgan fingerprint density at radius 1 is 1.33 bits per heavy atom. The van der Waals surface area contributed by atoms with Gasteiger partial charge in [0.15, 0.2) is 0 Å². The summed E-state index contributed by atoms with van der Waals surface area (Å²) in [7, 11) is 0. The fourth-order valence-electron chi connectivity index (χ4n) is 3.84. The Balaban J connectivity index is 1.75. The summed E-state index contributed by atoms with van der Waals surface area (Å²) in [6.07, 6.45) is 4.08. The zero-order valence-electron chi connectivity index (χ0n) is 15.4. The van der Waals surface area contributed by atoms with Crippen LogP contribution < -0.4 is 5.32 Å². The molecular weight excluding hydrogens is 354 g/mol. The Morgan fingerprint density at radius 3 is 2.96 bits per heavy atom. The number of nitrogens with one attached hydrogen (secondary N) is 1. The van der Waals surface area contributed by atoms with Gasteiger partial charge in [-0.15, -0.1) is 0 Å². The van der Waals surface area contributed by atoms with Crippen molar-refractivity contribution in [3.8, 4) is 17.2 Å². The summed E-state index contributed by atoms with van der Waals surface area (Å²) in [6, 6.07) is 14.9. The number of hydrogen-bond acceptors (Lipinski definition) is 5. The van der Waals surface area contributed by atoms with Crippen LogP contribution in [-0.2, 0) is 11.2 Å². The third-order valence-electron chi connectivity index (χ3n) is 5.21. The van der Waals surface area contributed by atoms with Crippen molar-refractivity contribution in [1.82, 2.24) is 5.32 Å². The molecule has 4 rings (SSSR count). The van der Waals surface area contributed by atoms with Crippen molar-refractivity contribution in [3.05, 3.63) is 58.7 Å². The van der Waals surface area contributed by atoms with Gasteiger partial charge in [-0.3, -0.25) is 0 Å². The van der Waals surface area contributed by atoms with Gasteiger partial charge in [-0.05, 0) is 52.8 Å². The molecular formula is C22H23N3OS. The number of morpholine rings is 1. The van der Waals surface area contributed by atoms with Gasteiger partial charge in [0.2, 0.25) is 0 Å². The lowest BCUT2D eigenvalue weighted by Crippen LogP contribution is -2.39. The van der Waals surface area contributed by atoms with E-state index < -0.39 is 0 Å². The molecule has 0 aliphatic carbocycles. The van der Waals surface area contributed by atoms with Gasteiger partial charge in [-0.2, -0.15) is 5.26 Å². The van der Waals surface area contributed by atoms with Crippen molar-refractivity contribution in [1.29, 1.82) is 5.26 Å². The van der Waals surface area contributed by atoms with E-state index in [0.29, 0.717) is 5.25 Å². The summed E-state index contributed by atoms with van der Waals surface area (Å²) < 4.78 is 10.4. The maximum Gasteiger partial charge on any atom is 0.0994 e. The highest BCUT2D eigenvalue weighted by atomic mass is 32.2. The summed E-state index contributed by atoms with van der Waals surface area (Å²) in [5, 5.41) is 13.0. The van der Waals surface area contributed by atoms with Gasteiger partial charge < -0.3 is 10.1 Å². The van der Waals surface area contributed by atoms with Gasteiger partial charge in [0.05, 0.1) is 29.6 Å². The molecule has 2 heterocycles. The molecule has 0 aromatic heterocycles. The lowest BCUT2D eigenvalue weighted by atomic mass is 9.88. The molecule has 1 N–H and O–H groups in total. The van der Waals surface area contributed by atoms with Crippen LogP contribution in [0, 0.1) is 18.3 Å². The second kappa shape index (κ2) is 8.26. The molecule has 0 radical (unpaired) electrons. The van der Waals surface area contributed by atoms with Crippen molar-refractivity contribution in [2.75, 3.05) is 19.7 Å². The fraction of sp³-hybridized carbons (Fsp3) is 0.364. The van der Waals surface area contributed by atoms with E-state index in [1.165, 1.54) is 22.3 Å². The van der Waals surface area contributed by atoms with Gasteiger partial charge >= 0.3 is 0 Å². The third-order valence-corrected chi connectivity index (χ3v) is 6.16. The van der Waals surface area contributed by atoms with Crippen LogP contribution in [0.5, 0.6) is 0 Å². The minimum atomic E-state index is 0.211. The Morgan fingerprint density at radius 2 is 2.26 bits per heavy atom. The standard InChI is InChI=1S/C22H23N3OS/c1-15-11-16(5-6-18(15)13-23)20-4-2-3-17(12-19-14-24-9-10-26-19)22(20)21-7-8-25-27-21/h2-6,8,11,19,21,24H,7,9-10,12,14H2,1H3. The molecule has 2 aromatic rings. The van der Waals surface area contributed by atoms with E-state index in [1.54, 1.807) is 11.9 Å². The summed E-state index contributed by atoms with van der Waals surface area (Å²) in [6.45, 7) is 4.60. The van der Waals surface area contributed by atoms with Gasteiger partial charge in [0, 0.05) is 32.1 Å². The van der Waals surface area contributed by atoms with Crippen LogP contribution in [0.2, 0.25) is 0 Å². The van der Waals surface area contributed by atoms with Gasteiger partial charge in [-0.1, -0.05) is 30.3 Å². The Kier molecular flexibility index (Phi) is 5.58. The molecule has 0 saturated carbocycles. The molecule has 2 atom stereocenters. The minimum absolute atomic E-state index is 0.211. The van der Waals surface area contributed by atoms with Gasteiger partial charge in [-0.25, -0.2) is 4.40 Å². The Labute approximate surface area is 164 Å². The number of benzene rings is 2. The highest BCUT2D eigenvalue weighted by Crippen LogP contribution is 2.43. The SMILES string of the molecule is Cc1cc(-c2cccc(CC3CNCCO3)c2C2CC=NS2)ccc1C#N. The third kappa shape index (κ3) is 3.93. The molecule has 4 nitrogen and oxygen atoms in total. The minimum Gasteiger partial charge on any atom is -0.375 e. The first-order chi connectivity index (χ1) is 13.3. The van der Waals surface area contributed by atoms with E-state index in [-0.39, 0.29) is 6.10 Å². The number of rotatable bonds is 4. The molecule has 2 aliphatic rings. The van der Waals surface area contributed by atoms with Crippen LogP contribution in [0.4, 0.5) is 0 Å². The first-order valence-corrected chi connectivity index (χ1v) is 10.2. The summed E-state index contributed by atoms with van der Waals surface area (Å²) in [5.41, 5.74) is 6.85. The van der Waals surface area contributed by atoms with Crippen molar-refractivity contribution in [3.63, 3.8) is 0 Å². The van der Waals surface area contributed by atoms with E-state index in [2.05, 4.69) is 46.1 Å². The zero-order valence-corrected chi connectivity index (χ0v) is 16.3. The molecule has 2 unspecified atom stereocenters. The molecule has 0 spiro atoms. The zero-order chi connectivity index (χ0) is 18.6. The van der Waals surface area contributed by atoms with Crippen LogP contribution in [0.25, 0.3) is 11.1 Å². The monoisotopic (exact) mass is 377 g/mol. The smallest absolute Gasteiger partial charge is 0.0994 e. The Hall–Kier alpha value is -2.13. The largest absolute Gasteiger partial charge is 0.375 e. The lowest BCUT2D eigenvalue weighted by molar-refractivity contribution is 0.0291. The molecule has 138 valence electrons. The number of hydrogen-bond donors (Lipinski definition) is 1. The van der Waals surface area contributed by atoms with Crippen LogP contribution in [0.15, 0.2) is 40.8 Å². The predicted octanol–water partition coefficient (Wildman–Crippen LogP) is 4.23. The van der Waals surface area contributed by atoms with Gasteiger partial charge in [0.1, 0.15) is 0 Å². The first-order valence-electron chi connectivity index (χ1n) is 9.39.